The summed E-state index contributed by atoms with van der Waals surface area (Å²) in [5.74, 6) is 1.24. The van der Waals surface area contributed by atoms with E-state index < -0.39 is 0 Å². The fourth-order valence-electron chi connectivity index (χ4n) is 2.95. The van der Waals surface area contributed by atoms with Crippen molar-refractivity contribution in [2.45, 2.75) is 20.0 Å². The smallest absolute Gasteiger partial charge is 0.271 e. The first kappa shape index (κ1) is 17.6. The molecule has 4 rings (SSSR count). The van der Waals surface area contributed by atoms with Crippen molar-refractivity contribution in [2.24, 2.45) is 0 Å². The highest BCUT2D eigenvalue weighted by atomic mass is 79.9. The molecule has 3 heterocycles. The zero-order valence-electron chi connectivity index (χ0n) is 14.9. The van der Waals surface area contributed by atoms with Crippen molar-refractivity contribution in [3.05, 3.63) is 46.3 Å². The number of rotatable bonds is 5. The van der Waals surface area contributed by atoms with E-state index in [4.69, 9.17) is 9.47 Å². The summed E-state index contributed by atoms with van der Waals surface area (Å²) in [6.45, 7) is 3.40. The van der Waals surface area contributed by atoms with Crippen LogP contribution in [-0.2, 0) is 13.1 Å². The highest BCUT2D eigenvalue weighted by molar-refractivity contribution is 9.10. The van der Waals surface area contributed by atoms with Gasteiger partial charge >= 0.3 is 0 Å². The molecule has 1 N–H and O–H groups in total. The Morgan fingerprint density at radius 3 is 2.96 bits per heavy atom. The predicted octanol–water partition coefficient (Wildman–Crippen LogP) is 3.06. The second kappa shape index (κ2) is 7.07. The van der Waals surface area contributed by atoms with Crippen LogP contribution in [-0.4, -0.2) is 44.6 Å². The monoisotopic (exact) mass is 431 g/mol. The molecule has 0 atom stereocenters. The summed E-state index contributed by atoms with van der Waals surface area (Å²) in [6.07, 6.45) is 1.74. The molecule has 1 amide bonds. The van der Waals surface area contributed by atoms with Crippen molar-refractivity contribution < 1.29 is 14.3 Å². The van der Waals surface area contributed by atoms with Crippen LogP contribution in [0.1, 0.15) is 23.1 Å². The summed E-state index contributed by atoms with van der Waals surface area (Å²) in [6, 6.07) is 7.32. The van der Waals surface area contributed by atoms with E-state index in [0.717, 1.165) is 22.3 Å². The number of nitrogens with zero attached hydrogens (tertiary/aromatic N) is 4. The van der Waals surface area contributed by atoms with Gasteiger partial charge in [0.05, 0.1) is 28.6 Å². The third-order valence-corrected chi connectivity index (χ3v) is 5.07. The Morgan fingerprint density at radius 1 is 1.33 bits per heavy atom. The molecule has 0 fully saturated rings. The van der Waals surface area contributed by atoms with E-state index in [-0.39, 0.29) is 12.7 Å². The molecule has 2 aromatic heterocycles. The first-order valence-electron chi connectivity index (χ1n) is 8.48. The molecule has 1 aromatic carbocycles. The molecule has 140 valence electrons. The zero-order chi connectivity index (χ0) is 19.0. The summed E-state index contributed by atoms with van der Waals surface area (Å²) in [5.41, 5.74) is 2.89. The number of fused-ring (bicyclic) bond motifs is 1. The standard InChI is InChI=1S/C18H18BrN5O3/c1-3-24-15(12(19)8-20-24)9-23(2)18(25)14-7-13(21-22-14)11-4-5-16-17(6-11)27-10-26-16/h4-8H,3,9-10H2,1-2H3,(H,21,22). The third-order valence-electron chi connectivity index (χ3n) is 4.41. The van der Waals surface area contributed by atoms with Crippen LogP contribution in [0.2, 0.25) is 0 Å². The largest absolute Gasteiger partial charge is 0.454 e. The average Bonchev–Trinajstić information content (AvgIpc) is 3.40. The summed E-state index contributed by atoms with van der Waals surface area (Å²) in [5, 5.41) is 11.4. The molecule has 8 nitrogen and oxygen atoms in total. The van der Waals surface area contributed by atoms with Crippen LogP contribution in [0.5, 0.6) is 11.5 Å². The van der Waals surface area contributed by atoms with Gasteiger partial charge in [0.25, 0.3) is 5.91 Å². The lowest BCUT2D eigenvalue weighted by Gasteiger charge is -2.17. The molecule has 1 aliphatic rings. The van der Waals surface area contributed by atoms with E-state index in [1.807, 2.05) is 29.8 Å². The van der Waals surface area contributed by atoms with Crippen LogP contribution >= 0.6 is 15.9 Å². The SMILES string of the molecule is CCn1ncc(Br)c1CN(C)C(=O)c1cc(-c2ccc3c(c2)OCO3)n[nH]1. The molecule has 0 saturated carbocycles. The molecule has 0 bridgehead atoms. The summed E-state index contributed by atoms with van der Waals surface area (Å²) in [4.78, 5) is 14.4. The van der Waals surface area contributed by atoms with Gasteiger partial charge in [-0.3, -0.25) is 14.6 Å². The normalized spacial score (nSPS) is 12.4. The van der Waals surface area contributed by atoms with Crippen LogP contribution in [0, 0.1) is 0 Å². The Bertz CT molecular complexity index is 997. The minimum absolute atomic E-state index is 0.148. The molecule has 27 heavy (non-hydrogen) atoms. The number of H-pyrrole nitrogens is 1. The predicted molar refractivity (Wildman–Crippen MR) is 102 cm³/mol. The molecular formula is C18H18BrN5O3. The van der Waals surface area contributed by atoms with Crippen molar-refractivity contribution in [3.8, 4) is 22.8 Å². The van der Waals surface area contributed by atoms with E-state index >= 15 is 0 Å². The maximum absolute atomic E-state index is 12.8. The van der Waals surface area contributed by atoms with Crippen molar-refractivity contribution in [3.63, 3.8) is 0 Å². The fraction of sp³-hybridized carbons (Fsp3) is 0.278. The van der Waals surface area contributed by atoms with Crippen LogP contribution in [0.3, 0.4) is 0 Å². The fourth-order valence-corrected chi connectivity index (χ4v) is 3.38. The number of hydrogen-bond acceptors (Lipinski definition) is 5. The quantitative estimate of drug-likeness (QED) is 0.670. The molecule has 3 aromatic rings. The van der Waals surface area contributed by atoms with Crippen LogP contribution in [0.4, 0.5) is 0 Å². The summed E-state index contributed by atoms with van der Waals surface area (Å²) in [7, 11) is 1.75. The van der Waals surface area contributed by atoms with Gasteiger partial charge in [0.1, 0.15) is 5.69 Å². The highest BCUT2D eigenvalue weighted by Gasteiger charge is 2.20. The minimum atomic E-state index is -0.148. The number of carbonyl (C=O) groups excluding carboxylic acids is 1. The van der Waals surface area contributed by atoms with E-state index in [1.165, 1.54) is 0 Å². The number of aryl methyl sites for hydroxylation is 1. The van der Waals surface area contributed by atoms with E-state index in [1.54, 1.807) is 24.2 Å². The number of benzene rings is 1. The first-order chi connectivity index (χ1) is 13.1. The van der Waals surface area contributed by atoms with Crippen LogP contribution < -0.4 is 9.47 Å². The Labute approximate surface area is 164 Å². The van der Waals surface area contributed by atoms with Gasteiger partial charge in [0.2, 0.25) is 6.79 Å². The Morgan fingerprint density at radius 2 is 2.15 bits per heavy atom. The molecule has 0 saturated heterocycles. The van der Waals surface area contributed by atoms with E-state index in [2.05, 4.69) is 31.2 Å². The molecule has 0 aliphatic carbocycles. The summed E-state index contributed by atoms with van der Waals surface area (Å²) < 4.78 is 13.5. The number of aromatic nitrogens is 4. The lowest BCUT2D eigenvalue weighted by molar-refractivity contribution is 0.0775. The maximum Gasteiger partial charge on any atom is 0.271 e. The van der Waals surface area contributed by atoms with Gasteiger partial charge in [0.15, 0.2) is 11.5 Å². The zero-order valence-corrected chi connectivity index (χ0v) is 16.5. The second-order valence-electron chi connectivity index (χ2n) is 6.15. The Hall–Kier alpha value is -2.81. The highest BCUT2D eigenvalue weighted by Crippen LogP contribution is 2.35. The van der Waals surface area contributed by atoms with Gasteiger partial charge in [-0.2, -0.15) is 10.2 Å². The van der Waals surface area contributed by atoms with Crippen LogP contribution in [0.15, 0.2) is 34.9 Å². The minimum Gasteiger partial charge on any atom is -0.454 e. The molecule has 1 aliphatic heterocycles. The average molecular weight is 432 g/mol. The van der Waals surface area contributed by atoms with Gasteiger partial charge in [-0.1, -0.05) is 0 Å². The number of hydrogen-bond donors (Lipinski definition) is 1. The molecule has 9 heteroatoms. The summed E-state index contributed by atoms with van der Waals surface area (Å²) >= 11 is 3.49. The number of amides is 1. The number of ether oxygens (including phenoxy) is 2. The van der Waals surface area contributed by atoms with E-state index in [0.29, 0.717) is 29.4 Å². The topological polar surface area (TPSA) is 85.3 Å². The number of halogens is 1. The molecule has 0 spiro atoms. The van der Waals surface area contributed by atoms with Gasteiger partial charge in [-0.25, -0.2) is 0 Å². The number of carbonyl (C=O) groups is 1. The van der Waals surface area contributed by atoms with Crippen LogP contribution in [0.25, 0.3) is 11.3 Å². The van der Waals surface area contributed by atoms with Crippen molar-refractivity contribution in [2.75, 3.05) is 13.8 Å². The number of nitrogens with one attached hydrogen (secondary N) is 1. The molecule has 0 unspecified atom stereocenters. The Balaban J connectivity index is 1.52. The van der Waals surface area contributed by atoms with Crippen molar-refractivity contribution >= 4 is 21.8 Å². The maximum atomic E-state index is 12.8. The number of aromatic amines is 1. The first-order valence-corrected chi connectivity index (χ1v) is 9.27. The van der Waals surface area contributed by atoms with Crippen molar-refractivity contribution in [1.82, 2.24) is 24.9 Å². The van der Waals surface area contributed by atoms with E-state index in [9.17, 15) is 4.79 Å². The van der Waals surface area contributed by atoms with Crippen molar-refractivity contribution in [1.29, 1.82) is 0 Å². The van der Waals surface area contributed by atoms with Gasteiger partial charge in [-0.05, 0) is 47.1 Å². The molecular weight excluding hydrogens is 414 g/mol. The Kier molecular flexibility index (Phi) is 4.61. The second-order valence-corrected chi connectivity index (χ2v) is 7.01. The lowest BCUT2D eigenvalue weighted by atomic mass is 10.1. The van der Waals surface area contributed by atoms with Gasteiger partial charge in [0, 0.05) is 19.2 Å². The van der Waals surface area contributed by atoms with Gasteiger partial charge < -0.3 is 14.4 Å². The third kappa shape index (κ3) is 3.30. The lowest BCUT2D eigenvalue weighted by Crippen LogP contribution is -2.28. The van der Waals surface area contributed by atoms with Gasteiger partial charge in [-0.15, -0.1) is 0 Å². The molecule has 0 radical (unpaired) electrons.